The Labute approximate surface area is 167 Å². The molecule has 0 saturated heterocycles. The van der Waals surface area contributed by atoms with Crippen LogP contribution >= 0.6 is 22.9 Å². The van der Waals surface area contributed by atoms with Gasteiger partial charge < -0.3 is 10.5 Å². The molecule has 0 aliphatic carbocycles. The van der Waals surface area contributed by atoms with Crippen molar-refractivity contribution >= 4 is 44.1 Å². The predicted molar refractivity (Wildman–Crippen MR) is 107 cm³/mol. The molecule has 2 atom stereocenters. The molecule has 0 spiro atoms. The lowest BCUT2D eigenvalue weighted by Gasteiger charge is -2.16. The highest BCUT2D eigenvalue weighted by atomic mass is 35.5. The molecule has 1 aromatic heterocycles. The average molecular weight is 430 g/mol. The number of aromatic nitrogens is 1. The van der Waals surface area contributed by atoms with Gasteiger partial charge in [0.1, 0.15) is 11.4 Å². The number of hydrogen-bond donors (Lipinski definition) is 2. The van der Waals surface area contributed by atoms with E-state index < -0.39 is 27.3 Å². The van der Waals surface area contributed by atoms with Crippen LogP contribution in [0.15, 0.2) is 36.2 Å². The van der Waals surface area contributed by atoms with Crippen LogP contribution in [0.4, 0.5) is 5.13 Å². The van der Waals surface area contributed by atoms with Crippen LogP contribution in [-0.4, -0.2) is 19.4 Å². The Hall–Kier alpha value is -1.94. The van der Waals surface area contributed by atoms with E-state index in [2.05, 4.69) is 16.3 Å². The SMILES string of the molecule is C=CC(c1ccc(CN)c(Cl)c1)S(=O)(=O)Nc1nc(C(C)OC(C)=O)cs1. The maximum absolute atomic E-state index is 12.8. The number of ether oxygens (including phenoxy) is 1. The Morgan fingerprint density at radius 3 is 2.78 bits per heavy atom. The van der Waals surface area contributed by atoms with Gasteiger partial charge in [-0.25, -0.2) is 13.4 Å². The molecule has 27 heavy (non-hydrogen) atoms. The van der Waals surface area contributed by atoms with E-state index in [9.17, 15) is 13.2 Å². The van der Waals surface area contributed by atoms with E-state index in [4.69, 9.17) is 22.1 Å². The van der Waals surface area contributed by atoms with Crippen LogP contribution in [-0.2, 0) is 26.1 Å². The second-order valence-electron chi connectivity index (χ2n) is 5.69. The smallest absolute Gasteiger partial charge is 0.303 e. The van der Waals surface area contributed by atoms with Crippen molar-refractivity contribution in [2.45, 2.75) is 31.7 Å². The zero-order valence-corrected chi connectivity index (χ0v) is 17.2. The summed E-state index contributed by atoms with van der Waals surface area (Å²) < 4.78 is 33.1. The summed E-state index contributed by atoms with van der Waals surface area (Å²) in [5, 5.41) is 1.16. The third-order valence-corrected chi connectivity index (χ3v) is 6.55. The number of hydrogen-bond acceptors (Lipinski definition) is 7. The van der Waals surface area contributed by atoms with Gasteiger partial charge in [0.2, 0.25) is 10.0 Å². The summed E-state index contributed by atoms with van der Waals surface area (Å²) in [5.74, 6) is -0.442. The molecule has 3 N–H and O–H groups in total. The van der Waals surface area contributed by atoms with Gasteiger partial charge in [0.05, 0.1) is 5.69 Å². The zero-order chi connectivity index (χ0) is 20.2. The maximum Gasteiger partial charge on any atom is 0.303 e. The van der Waals surface area contributed by atoms with Gasteiger partial charge in [-0.3, -0.25) is 9.52 Å². The molecule has 0 aliphatic heterocycles. The van der Waals surface area contributed by atoms with E-state index in [1.807, 2.05) is 0 Å². The number of rotatable bonds is 8. The lowest BCUT2D eigenvalue weighted by molar-refractivity contribution is -0.145. The minimum absolute atomic E-state index is 0.167. The van der Waals surface area contributed by atoms with E-state index in [-0.39, 0.29) is 11.7 Å². The van der Waals surface area contributed by atoms with Gasteiger partial charge in [0, 0.05) is 23.9 Å². The summed E-state index contributed by atoms with van der Waals surface area (Å²) in [7, 11) is -3.87. The highest BCUT2D eigenvalue weighted by Gasteiger charge is 2.26. The van der Waals surface area contributed by atoms with Gasteiger partial charge in [-0.05, 0) is 24.1 Å². The highest BCUT2D eigenvalue weighted by Crippen LogP contribution is 2.31. The summed E-state index contributed by atoms with van der Waals surface area (Å²) in [5.41, 5.74) is 7.22. The number of halogens is 1. The Morgan fingerprint density at radius 1 is 1.52 bits per heavy atom. The Balaban J connectivity index is 2.24. The highest BCUT2D eigenvalue weighted by molar-refractivity contribution is 7.93. The zero-order valence-electron chi connectivity index (χ0n) is 14.8. The number of benzene rings is 1. The number of anilines is 1. The first-order chi connectivity index (χ1) is 12.7. The normalized spacial score (nSPS) is 13.6. The Bertz CT molecular complexity index is 943. The minimum atomic E-state index is -3.87. The summed E-state index contributed by atoms with van der Waals surface area (Å²) >= 11 is 7.23. The predicted octanol–water partition coefficient (Wildman–Crippen LogP) is 3.55. The fourth-order valence-corrected chi connectivity index (χ4v) is 4.98. The van der Waals surface area contributed by atoms with E-state index in [1.54, 1.807) is 30.5 Å². The van der Waals surface area contributed by atoms with Gasteiger partial charge in [0.25, 0.3) is 0 Å². The number of nitrogens with zero attached hydrogens (tertiary/aromatic N) is 1. The van der Waals surface area contributed by atoms with Crippen molar-refractivity contribution in [3.05, 3.63) is 58.1 Å². The number of nitrogens with one attached hydrogen (secondary N) is 1. The molecule has 1 aromatic carbocycles. The van der Waals surface area contributed by atoms with E-state index in [0.717, 1.165) is 16.9 Å². The molecule has 0 amide bonds. The van der Waals surface area contributed by atoms with Crippen molar-refractivity contribution in [3.8, 4) is 0 Å². The number of carbonyl (C=O) groups excluding carboxylic acids is 1. The van der Waals surface area contributed by atoms with E-state index in [0.29, 0.717) is 16.3 Å². The molecule has 2 unspecified atom stereocenters. The van der Waals surface area contributed by atoms with Crippen LogP contribution in [0.3, 0.4) is 0 Å². The molecule has 0 fully saturated rings. The van der Waals surface area contributed by atoms with E-state index in [1.165, 1.54) is 13.0 Å². The monoisotopic (exact) mass is 429 g/mol. The molecule has 1 heterocycles. The fraction of sp³-hybridized carbons (Fsp3) is 0.294. The number of esters is 1. The van der Waals surface area contributed by atoms with Gasteiger partial charge in [-0.1, -0.05) is 29.8 Å². The number of thiazole rings is 1. The van der Waals surface area contributed by atoms with Crippen molar-refractivity contribution in [2.24, 2.45) is 5.73 Å². The number of nitrogens with two attached hydrogens (primary N) is 1. The number of sulfonamides is 1. The van der Waals surface area contributed by atoms with Crippen molar-refractivity contribution in [2.75, 3.05) is 4.72 Å². The summed E-state index contributed by atoms with van der Waals surface area (Å²) in [6.45, 7) is 6.83. The van der Waals surface area contributed by atoms with Gasteiger partial charge >= 0.3 is 5.97 Å². The van der Waals surface area contributed by atoms with Gasteiger partial charge in [-0.15, -0.1) is 17.9 Å². The maximum atomic E-state index is 12.8. The first-order valence-corrected chi connectivity index (χ1v) is 10.7. The second kappa shape index (κ2) is 8.83. The Morgan fingerprint density at radius 2 is 2.22 bits per heavy atom. The van der Waals surface area contributed by atoms with Crippen molar-refractivity contribution in [1.82, 2.24) is 4.98 Å². The lowest BCUT2D eigenvalue weighted by atomic mass is 10.1. The molecule has 0 saturated carbocycles. The molecule has 146 valence electrons. The first kappa shape index (κ1) is 21.4. The van der Waals surface area contributed by atoms with Crippen molar-refractivity contribution in [3.63, 3.8) is 0 Å². The number of carbonyl (C=O) groups is 1. The van der Waals surface area contributed by atoms with Crippen molar-refractivity contribution in [1.29, 1.82) is 0 Å². The van der Waals surface area contributed by atoms with Crippen LogP contribution in [0.1, 0.15) is 42.0 Å². The first-order valence-electron chi connectivity index (χ1n) is 7.93. The molecule has 7 nitrogen and oxygen atoms in total. The molecule has 2 aromatic rings. The van der Waals surface area contributed by atoms with Crippen LogP contribution < -0.4 is 10.5 Å². The molecule has 2 rings (SSSR count). The minimum Gasteiger partial charge on any atom is -0.456 e. The summed E-state index contributed by atoms with van der Waals surface area (Å²) in [4.78, 5) is 15.2. The molecule has 10 heteroatoms. The average Bonchev–Trinajstić information content (AvgIpc) is 3.02. The lowest BCUT2D eigenvalue weighted by Crippen LogP contribution is -2.20. The van der Waals surface area contributed by atoms with Gasteiger partial charge in [-0.2, -0.15) is 0 Å². The van der Waals surface area contributed by atoms with Crippen LogP contribution in [0.2, 0.25) is 5.02 Å². The van der Waals surface area contributed by atoms with Crippen LogP contribution in [0, 0.1) is 0 Å². The molecular weight excluding hydrogens is 410 g/mol. The Kier molecular flexibility index (Phi) is 6.99. The molecule has 0 aliphatic rings. The van der Waals surface area contributed by atoms with Crippen LogP contribution in [0.5, 0.6) is 0 Å². The topological polar surface area (TPSA) is 111 Å². The third-order valence-electron chi connectivity index (χ3n) is 3.68. The second-order valence-corrected chi connectivity index (χ2v) is 8.75. The molecule has 0 radical (unpaired) electrons. The van der Waals surface area contributed by atoms with Gasteiger partial charge in [0.15, 0.2) is 5.13 Å². The standard InChI is InChI=1S/C17H20ClN3O4S2/c1-4-16(12-5-6-13(8-19)14(18)7-12)27(23,24)21-17-20-15(9-26-17)10(2)25-11(3)22/h4-7,9-10,16H,1,8,19H2,2-3H3,(H,20,21). The quantitative estimate of drug-likeness (QED) is 0.490. The van der Waals surface area contributed by atoms with Crippen LogP contribution in [0.25, 0.3) is 0 Å². The molecular formula is C17H20ClN3O4S2. The molecule has 0 bridgehead atoms. The largest absolute Gasteiger partial charge is 0.456 e. The van der Waals surface area contributed by atoms with Crippen molar-refractivity contribution < 1.29 is 17.9 Å². The summed E-state index contributed by atoms with van der Waals surface area (Å²) in [6, 6.07) is 4.90. The third kappa shape index (κ3) is 5.29. The summed E-state index contributed by atoms with van der Waals surface area (Å²) in [6.07, 6.45) is 0.737. The fourth-order valence-electron chi connectivity index (χ4n) is 2.36. The van der Waals surface area contributed by atoms with E-state index >= 15 is 0 Å².